The molecule has 122 valence electrons. The number of nitrogens with zero attached hydrogens (tertiary/aromatic N) is 1. The first-order valence-corrected chi connectivity index (χ1v) is 9.51. The summed E-state index contributed by atoms with van der Waals surface area (Å²) in [5, 5.41) is 0. The monoisotopic (exact) mass is 299 g/mol. The van der Waals surface area contributed by atoms with E-state index >= 15 is 0 Å². The van der Waals surface area contributed by atoms with E-state index in [4.69, 9.17) is 0 Å². The molecular formula is C21H33N. The van der Waals surface area contributed by atoms with Crippen molar-refractivity contribution in [2.45, 2.75) is 64.7 Å². The first-order valence-electron chi connectivity index (χ1n) is 9.51. The summed E-state index contributed by atoms with van der Waals surface area (Å²) < 4.78 is 0. The maximum absolute atomic E-state index is 2.75. The summed E-state index contributed by atoms with van der Waals surface area (Å²) in [7, 11) is 0. The van der Waals surface area contributed by atoms with Gasteiger partial charge in [0.15, 0.2) is 0 Å². The summed E-state index contributed by atoms with van der Waals surface area (Å²) in [6, 6.07) is 9.34. The van der Waals surface area contributed by atoms with Crippen molar-refractivity contribution in [2.24, 2.45) is 11.8 Å². The Hall–Kier alpha value is -0.820. The molecule has 1 heterocycles. The van der Waals surface area contributed by atoms with Crippen molar-refractivity contribution < 1.29 is 0 Å². The van der Waals surface area contributed by atoms with Crippen LogP contribution in [0.4, 0.5) is 0 Å². The Kier molecular flexibility index (Phi) is 5.57. The van der Waals surface area contributed by atoms with Gasteiger partial charge in [0.2, 0.25) is 0 Å². The van der Waals surface area contributed by atoms with Gasteiger partial charge >= 0.3 is 0 Å². The molecule has 1 heteroatoms. The van der Waals surface area contributed by atoms with E-state index in [1.165, 1.54) is 70.1 Å². The van der Waals surface area contributed by atoms with Crippen LogP contribution in [0.25, 0.3) is 0 Å². The number of hydrogen-bond donors (Lipinski definition) is 0. The van der Waals surface area contributed by atoms with Crippen LogP contribution in [0.15, 0.2) is 24.3 Å². The van der Waals surface area contributed by atoms with Gasteiger partial charge in [-0.25, -0.2) is 0 Å². The predicted octanol–water partition coefficient (Wildman–Crippen LogP) is 5.39. The molecule has 1 aromatic rings. The number of hydrogen-bond acceptors (Lipinski definition) is 1. The van der Waals surface area contributed by atoms with Crippen LogP contribution < -0.4 is 0 Å². The summed E-state index contributed by atoms with van der Waals surface area (Å²) in [5.74, 6) is 2.60. The van der Waals surface area contributed by atoms with Crippen LogP contribution in [0.3, 0.4) is 0 Å². The molecule has 1 saturated heterocycles. The number of rotatable bonds is 4. The van der Waals surface area contributed by atoms with Crippen molar-refractivity contribution in [1.82, 2.24) is 4.90 Å². The minimum atomic E-state index is 0.758. The molecule has 0 spiro atoms. The van der Waals surface area contributed by atoms with E-state index in [0.29, 0.717) is 0 Å². The zero-order valence-electron chi connectivity index (χ0n) is 14.6. The highest BCUT2D eigenvalue weighted by molar-refractivity contribution is 5.26. The third-order valence-corrected chi connectivity index (χ3v) is 6.02. The standard InChI is InChI=1S/C21H33N/c1-17-11-13-22(14-12-17)16-21(19-8-4-3-5-9-19)20-10-6-7-18(2)15-20/h6-7,10,15,17,19,21H,3-5,8-9,11-14,16H2,1-2H3. The van der Waals surface area contributed by atoms with Gasteiger partial charge in [0.1, 0.15) is 0 Å². The summed E-state index contributed by atoms with van der Waals surface area (Å²) in [6.45, 7) is 8.58. The number of likely N-dealkylation sites (tertiary alicyclic amines) is 1. The second-order valence-electron chi connectivity index (χ2n) is 7.90. The van der Waals surface area contributed by atoms with Gasteiger partial charge in [-0.05, 0) is 69.0 Å². The Morgan fingerprint density at radius 2 is 1.77 bits per heavy atom. The highest BCUT2D eigenvalue weighted by Gasteiger charge is 2.28. The van der Waals surface area contributed by atoms with Gasteiger partial charge in [-0.15, -0.1) is 0 Å². The van der Waals surface area contributed by atoms with E-state index in [0.717, 1.165) is 17.8 Å². The molecule has 1 saturated carbocycles. The van der Waals surface area contributed by atoms with Crippen LogP contribution in [-0.4, -0.2) is 24.5 Å². The highest BCUT2D eigenvalue weighted by Crippen LogP contribution is 2.37. The minimum absolute atomic E-state index is 0.758. The molecule has 1 atom stereocenters. The SMILES string of the molecule is Cc1cccc(C(CN2CCC(C)CC2)C2CCCCC2)c1. The summed E-state index contributed by atoms with van der Waals surface area (Å²) >= 11 is 0. The topological polar surface area (TPSA) is 3.24 Å². The molecule has 1 aliphatic heterocycles. The number of benzene rings is 1. The summed E-state index contributed by atoms with van der Waals surface area (Å²) in [4.78, 5) is 2.75. The van der Waals surface area contributed by atoms with Gasteiger partial charge in [0.05, 0.1) is 0 Å². The zero-order valence-corrected chi connectivity index (χ0v) is 14.6. The fourth-order valence-electron chi connectivity index (χ4n) is 4.49. The lowest BCUT2D eigenvalue weighted by Gasteiger charge is -2.37. The molecule has 3 rings (SSSR count). The Morgan fingerprint density at radius 3 is 2.45 bits per heavy atom. The van der Waals surface area contributed by atoms with Crippen molar-refractivity contribution in [3.8, 4) is 0 Å². The second kappa shape index (κ2) is 7.64. The van der Waals surface area contributed by atoms with Gasteiger partial charge < -0.3 is 4.90 Å². The molecule has 22 heavy (non-hydrogen) atoms. The average molecular weight is 300 g/mol. The first kappa shape index (κ1) is 16.1. The van der Waals surface area contributed by atoms with Crippen molar-refractivity contribution in [3.05, 3.63) is 35.4 Å². The number of aryl methyl sites for hydroxylation is 1. The third-order valence-electron chi connectivity index (χ3n) is 6.02. The Morgan fingerprint density at radius 1 is 1.05 bits per heavy atom. The lowest BCUT2D eigenvalue weighted by molar-refractivity contribution is 0.157. The molecule has 0 radical (unpaired) electrons. The van der Waals surface area contributed by atoms with Gasteiger partial charge in [0, 0.05) is 6.54 Å². The Labute approximate surface area is 137 Å². The van der Waals surface area contributed by atoms with E-state index in [2.05, 4.69) is 43.0 Å². The molecule has 1 aromatic carbocycles. The van der Waals surface area contributed by atoms with Crippen LogP contribution >= 0.6 is 0 Å². The van der Waals surface area contributed by atoms with Crippen LogP contribution in [0.1, 0.15) is 68.9 Å². The van der Waals surface area contributed by atoms with Crippen molar-refractivity contribution >= 4 is 0 Å². The third kappa shape index (κ3) is 4.13. The highest BCUT2D eigenvalue weighted by atomic mass is 15.1. The number of piperidine rings is 1. The molecule has 2 aliphatic rings. The maximum atomic E-state index is 2.75. The van der Waals surface area contributed by atoms with Gasteiger partial charge in [0.25, 0.3) is 0 Å². The van der Waals surface area contributed by atoms with Crippen molar-refractivity contribution in [2.75, 3.05) is 19.6 Å². The second-order valence-corrected chi connectivity index (χ2v) is 7.90. The average Bonchev–Trinajstić information content (AvgIpc) is 2.55. The molecule has 0 amide bonds. The lowest BCUT2D eigenvalue weighted by atomic mass is 9.76. The van der Waals surface area contributed by atoms with E-state index in [-0.39, 0.29) is 0 Å². The quantitative estimate of drug-likeness (QED) is 0.720. The van der Waals surface area contributed by atoms with Crippen LogP contribution in [0.2, 0.25) is 0 Å². The molecule has 1 aliphatic carbocycles. The van der Waals surface area contributed by atoms with E-state index in [1.54, 1.807) is 5.56 Å². The first-order chi connectivity index (χ1) is 10.7. The lowest BCUT2D eigenvalue weighted by Crippen LogP contribution is -2.38. The summed E-state index contributed by atoms with van der Waals surface area (Å²) in [5.41, 5.74) is 3.02. The van der Waals surface area contributed by atoms with Gasteiger partial charge in [-0.1, -0.05) is 56.0 Å². The van der Waals surface area contributed by atoms with Crippen LogP contribution in [0.5, 0.6) is 0 Å². The zero-order chi connectivity index (χ0) is 15.4. The van der Waals surface area contributed by atoms with Gasteiger partial charge in [-0.2, -0.15) is 0 Å². The molecule has 1 nitrogen and oxygen atoms in total. The Balaban J connectivity index is 1.73. The largest absolute Gasteiger partial charge is 0.303 e. The van der Waals surface area contributed by atoms with Crippen molar-refractivity contribution in [1.29, 1.82) is 0 Å². The van der Waals surface area contributed by atoms with Crippen LogP contribution in [-0.2, 0) is 0 Å². The smallest absolute Gasteiger partial charge is 0.00529 e. The molecular weight excluding hydrogens is 266 g/mol. The normalized spacial score (nSPS) is 23.5. The van der Waals surface area contributed by atoms with Gasteiger partial charge in [-0.3, -0.25) is 0 Å². The van der Waals surface area contributed by atoms with E-state index < -0.39 is 0 Å². The molecule has 0 N–H and O–H groups in total. The molecule has 2 fully saturated rings. The predicted molar refractivity (Wildman–Crippen MR) is 95.3 cm³/mol. The van der Waals surface area contributed by atoms with Crippen LogP contribution in [0, 0.1) is 18.8 Å². The Bertz CT molecular complexity index is 453. The minimum Gasteiger partial charge on any atom is -0.303 e. The summed E-state index contributed by atoms with van der Waals surface area (Å²) in [6.07, 6.45) is 10.0. The fraction of sp³-hybridized carbons (Fsp3) is 0.714. The molecule has 0 bridgehead atoms. The van der Waals surface area contributed by atoms with E-state index in [9.17, 15) is 0 Å². The molecule has 0 aromatic heterocycles. The maximum Gasteiger partial charge on any atom is 0.00529 e. The molecule has 1 unspecified atom stereocenters. The van der Waals surface area contributed by atoms with Crippen molar-refractivity contribution in [3.63, 3.8) is 0 Å². The fourth-order valence-corrected chi connectivity index (χ4v) is 4.49. The van der Waals surface area contributed by atoms with E-state index in [1.807, 2.05) is 0 Å².